The summed E-state index contributed by atoms with van der Waals surface area (Å²) >= 11 is 0. The van der Waals surface area contributed by atoms with Crippen LogP contribution in [0.5, 0.6) is 0 Å². The van der Waals surface area contributed by atoms with Crippen LogP contribution < -0.4 is 0 Å². The van der Waals surface area contributed by atoms with E-state index in [0.29, 0.717) is 11.8 Å². The van der Waals surface area contributed by atoms with E-state index in [2.05, 4.69) is 37.4 Å². The van der Waals surface area contributed by atoms with Crippen molar-refractivity contribution < 1.29 is 0 Å². The van der Waals surface area contributed by atoms with E-state index in [4.69, 9.17) is 0 Å². The van der Waals surface area contributed by atoms with Crippen LogP contribution in [0.4, 0.5) is 0 Å². The molecule has 0 fully saturated rings. The Hall–Kier alpha value is -1.30. The Morgan fingerprint density at radius 1 is 1.15 bits per heavy atom. The number of benzene rings is 1. The Kier molecular flexibility index (Phi) is 2.05. The van der Waals surface area contributed by atoms with Crippen LogP contribution >= 0.6 is 0 Å². The van der Waals surface area contributed by atoms with Gasteiger partial charge in [0.15, 0.2) is 0 Å². The van der Waals surface area contributed by atoms with Gasteiger partial charge in [-0.15, -0.1) is 13.2 Å². The van der Waals surface area contributed by atoms with E-state index < -0.39 is 0 Å². The second-order valence-corrected chi connectivity index (χ2v) is 3.56. The molecular formula is C13H14. The Balaban J connectivity index is 2.45. The average molecular weight is 170 g/mol. The highest BCUT2D eigenvalue weighted by molar-refractivity contribution is 5.39. The van der Waals surface area contributed by atoms with E-state index in [1.54, 1.807) is 0 Å². The van der Waals surface area contributed by atoms with Crippen molar-refractivity contribution in [1.82, 2.24) is 0 Å². The highest BCUT2D eigenvalue weighted by Crippen LogP contribution is 2.38. The molecule has 1 aliphatic carbocycles. The molecule has 0 bridgehead atoms. The summed E-state index contributed by atoms with van der Waals surface area (Å²) in [5.41, 5.74) is 2.89. The number of fused-ring (bicyclic) bond motifs is 1. The van der Waals surface area contributed by atoms with Crippen LogP contribution in [0.1, 0.15) is 17.0 Å². The molecule has 13 heavy (non-hydrogen) atoms. The van der Waals surface area contributed by atoms with E-state index >= 15 is 0 Å². The highest BCUT2D eigenvalue weighted by Gasteiger charge is 2.27. The molecule has 0 aliphatic heterocycles. The lowest BCUT2D eigenvalue weighted by Crippen LogP contribution is -2.00. The maximum Gasteiger partial charge on any atom is 0.00840 e. The first kappa shape index (κ1) is 8.31. The first-order chi connectivity index (χ1) is 6.36. The van der Waals surface area contributed by atoms with Gasteiger partial charge in [-0.25, -0.2) is 0 Å². The number of hydrogen-bond donors (Lipinski definition) is 0. The van der Waals surface area contributed by atoms with Crippen LogP contribution in [-0.2, 0) is 6.42 Å². The lowest BCUT2D eigenvalue weighted by Gasteiger charge is -2.11. The summed E-state index contributed by atoms with van der Waals surface area (Å²) in [6.07, 6.45) is 5.21. The van der Waals surface area contributed by atoms with Crippen LogP contribution in [-0.4, -0.2) is 0 Å². The lowest BCUT2D eigenvalue weighted by molar-refractivity contribution is 0.639. The van der Waals surface area contributed by atoms with Crippen LogP contribution in [0.15, 0.2) is 49.6 Å². The Morgan fingerprint density at radius 2 is 1.92 bits per heavy atom. The number of rotatable bonds is 2. The molecule has 1 aliphatic rings. The molecule has 0 amide bonds. The van der Waals surface area contributed by atoms with Crippen LogP contribution in [0, 0.1) is 5.92 Å². The number of hydrogen-bond acceptors (Lipinski definition) is 0. The Labute approximate surface area is 79.6 Å². The summed E-state index contributed by atoms with van der Waals surface area (Å²) in [4.78, 5) is 0. The van der Waals surface area contributed by atoms with Crippen molar-refractivity contribution in [3.8, 4) is 0 Å². The molecule has 0 N–H and O–H groups in total. The second-order valence-electron chi connectivity index (χ2n) is 3.56. The molecule has 2 rings (SSSR count). The van der Waals surface area contributed by atoms with Gasteiger partial charge in [0.25, 0.3) is 0 Å². The van der Waals surface area contributed by atoms with Gasteiger partial charge in [-0.05, 0) is 23.5 Å². The van der Waals surface area contributed by atoms with Gasteiger partial charge in [-0.1, -0.05) is 36.4 Å². The molecule has 2 atom stereocenters. The molecular weight excluding hydrogens is 156 g/mol. The first-order valence-electron chi connectivity index (χ1n) is 4.69. The summed E-state index contributed by atoms with van der Waals surface area (Å²) in [7, 11) is 0. The third-order valence-corrected chi connectivity index (χ3v) is 2.89. The zero-order valence-corrected chi connectivity index (χ0v) is 7.74. The predicted molar refractivity (Wildman–Crippen MR) is 56.8 cm³/mol. The van der Waals surface area contributed by atoms with Gasteiger partial charge < -0.3 is 0 Å². The maximum atomic E-state index is 3.89. The molecule has 66 valence electrons. The van der Waals surface area contributed by atoms with Gasteiger partial charge in [0.2, 0.25) is 0 Å². The molecule has 1 aromatic carbocycles. The SMILES string of the molecule is C=CC1Cc2ccccc2C1C=C. The largest absolute Gasteiger partial charge is 0.103 e. The van der Waals surface area contributed by atoms with Crippen molar-refractivity contribution in [2.45, 2.75) is 12.3 Å². The minimum Gasteiger partial charge on any atom is -0.103 e. The molecule has 0 heteroatoms. The van der Waals surface area contributed by atoms with Gasteiger partial charge in [0.1, 0.15) is 0 Å². The van der Waals surface area contributed by atoms with Crippen molar-refractivity contribution in [2.75, 3.05) is 0 Å². The molecule has 2 unspecified atom stereocenters. The third-order valence-electron chi connectivity index (χ3n) is 2.89. The van der Waals surface area contributed by atoms with Crippen molar-refractivity contribution in [2.24, 2.45) is 5.92 Å². The quantitative estimate of drug-likeness (QED) is 0.597. The van der Waals surface area contributed by atoms with Crippen molar-refractivity contribution in [1.29, 1.82) is 0 Å². The van der Waals surface area contributed by atoms with E-state index in [0.717, 1.165) is 6.42 Å². The topological polar surface area (TPSA) is 0 Å². The minimum absolute atomic E-state index is 0.480. The van der Waals surface area contributed by atoms with E-state index in [1.807, 2.05) is 12.2 Å². The highest BCUT2D eigenvalue weighted by atomic mass is 14.3. The summed E-state index contributed by atoms with van der Waals surface area (Å²) in [5, 5.41) is 0. The predicted octanol–water partition coefficient (Wildman–Crippen LogP) is 3.31. The number of allylic oxidation sites excluding steroid dienone is 2. The fraction of sp³-hybridized carbons (Fsp3) is 0.231. The Morgan fingerprint density at radius 3 is 2.62 bits per heavy atom. The van der Waals surface area contributed by atoms with Gasteiger partial charge in [-0.2, -0.15) is 0 Å². The van der Waals surface area contributed by atoms with Gasteiger partial charge >= 0.3 is 0 Å². The summed E-state index contributed by atoms with van der Waals surface area (Å²) in [6, 6.07) is 8.60. The molecule has 1 aromatic rings. The van der Waals surface area contributed by atoms with Crippen LogP contribution in [0.25, 0.3) is 0 Å². The lowest BCUT2D eigenvalue weighted by atomic mass is 9.93. The van der Waals surface area contributed by atoms with Crippen LogP contribution in [0.3, 0.4) is 0 Å². The second kappa shape index (κ2) is 3.21. The van der Waals surface area contributed by atoms with Gasteiger partial charge in [0.05, 0.1) is 0 Å². The van der Waals surface area contributed by atoms with Gasteiger partial charge in [0, 0.05) is 5.92 Å². The van der Waals surface area contributed by atoms with Crippen molar-refractivity contribution >= 4 is 0 Å². The van der Waals surface area contributed by atoms with E-state index in [1.165, 1.54) is 11.1 Å². The van der Waals surface area contributed by atoms with Crippen molar-refractivity contribution in [3.05, 3.63) is 60.7 Å². The summed E-state index contributed by atoms with van der Waals surface area (Å²) < 4.78 is 0. The molecule has 0 saturated carbocycles. The molecule has 0 aromatic heterocycles. The third kappa shape index (κ3) is 1.23. The fourth-order valence-corrected chi connectivity index (χ4v) is 2.19. The zero-order valence-electron chi connectivity index (χ0n) is 7.74. The molecule has 0 heterocycles. The first-order valence-corrected chi connectivity index (χ1v) is 4.69. The summed E-state index contributed by atoms with van der Waals surface area (Å²) in [6.45, 7) is 7.77. The normalized spacial score (nSPS) is 25.2. The molecule has 0 saturated heterocycles. The maximum absolute atomic E-state index is 3.89. The van der Waals surface area contributed by atoms with Crippen molar-refractivity contribution in [3.63, 3.8) is 0 Å². The zero-order chi connectivity index (χ0) is 9.26. The minimum atomic E-state index is 0.480. The van der Waals surface area contributed by atoms with E-state index in [-0.39, 0.29) is 0 Å². The summed E-state index contributed by atoms with van der Waals surface area (Å²) in [5.74, 6) is 1.03. The molecule has 0 nitrogen and oxygen atoms in total. The average Bonchev–Trinajstić information content (AvgIpc) is 2.55. The van der Waals surface area contributed by atoms with Gasteiger partial charge in [-0.3, -0.25) is 0 Å². The van der Waals surface area contributed by atoms with Crippen LogP contribution in [0.2, 0.25) is 0 Å². The fourth-order valence-electron chi connectivity index (χ4n) is 2.19. The van der Waals surface area contributed by atoms with E-state index in [9.17, 15) is 0 Å². The smallest absolute Gasteiger partial charge is 0.00840 e. The standard InChI is InChI=1S/C13H14/c1-3-10-9-11-7-5-6-8-13(11)12(10)4-2/h3-8,10,12H,1-2,9H2. The monoisotopic (exact) mass is 170 g/mol. The molecule has 0 spiro atoms. The molecule has 0 radical (unpaired) electrons. The Bertz CT molecular complexity index is 336.